The monoisotopic (exact) mass is 377 g/mol. The molecule has 25 heavy (non-hydrogen) atoms. The number of hydrogen-bond donors (Lipinski definition) is 1. The molecule has 1 aromatic carbocycles. The maximum atomic E-state index is 13.2. The number of thiophene rings is 1. The molecule has 4 rings (SSSR count). The Kier molecular flexibility index (Phi) is 4.39. The Morgan fingerprint density at radius 3 is 2.96 bits per heavy atom. The number of fused-ring (bicyclic) bond motifs is 3. The van der Waals surface area contributed by atoms with Crippen molar-refractivity contribution >= 4 is 44.9 Å². The molecule has 0 unspecified atom stereocenters. The fourth-order valence-electron chi connectivity index (χ4n) is 2.91. The number of thioether (sulfide) groups is 1. The number of aromatic nitrogens is 2. The summed E-state index contributed by atoms with van der Waals surface area (Å²) in [5.41, 5.74) is 1.54. The summed E-state index contributed by atoms with van der Waals surface area (Å²) >= 11 is 3.03. The Morgan fingerprint density at radius 1 is 1.24 bits per heavy atom. The molecular weight excluding hydrogens is 364 g/mol. The van der Waals surface area contributed by atoms with E-state index in [9.17, 15) is 13.6 Å². The Balaban J connectivity index is 1.48. The summed E-state index contributed by atoms with van der Waals surface area (Å²) in [4.78, 5) is 23.1. The fourth-order valence-corrected chi connectivity index (χ4v) is 5.03. The zero-order valence-corrected chi connectivity index (χ0v) is 14.6. The molecule has 0 spiro atoms. The molecule has 4 nitrogen and oxygen atoms in total. The van der Waals surface area contributed by atoms with E-state index in [1.54, 1.807) is 11.3 Å². The van der Waals surface area contributed by atoms with Crippen LogP contribution in [-0.2, 0) is 17.6 Å². The van der Waals surface area contributed by atoms with Gasteiger partial charge in [0.2, 0.25) is 5.91 Å². The van der Waals surface area contributed by atoms with Gasteiger partial charge in [0.15, 0.2) is 11.6 Å². The number of nitrogens with zero attached hydrogens (tertiary/aromatic N) is 2. The van der Waals surface area contributed by atoms with E-state index in [-0.39, 0.29) is 17.3 Å². The molecule has 8 heteroatoms. The van der Waals surface area contributed by atoms with Crippen molar-refractivity contribution in [3.8, 4) is 0 Å². The number of nitrogens with one attached hydrogen (secondary N) is 1. The minimum Gasteiger partial charge on any atom is -0.325 e. The van der Waals surface area contributed by atoms with E-state index in [0.717, 1.165) is 46.6 Å². The lowest BCUT2D eigenvalue weighted by Crippen LogP contribution is -2.14. The van der Waals surface area contributed by atoms with Crippen LogP contribution in [0, 0.1) is 11.6 Å². The highest BCUT2D eigenvalue weighted by atomic mass is 32.2. The van der Waals surface area contributed by atoms with Gasteiger partial charge in [0.1, 0.15) is 16.2 Å². The lowest BCUT2D eigenvalue weighted by molar-refractivity contribution is -0.113. The quantitative estimate of drug-likeness (QED) is 0.547. The largest absolute Gasteiger partial charge is 0.325 e. The molecule has 1 aliphatic carbocycles. The van der Waals surface area contributed by atoms with Crippen LogP contribution in [0.1, 0.15) is 16.9 Å². The minimum absolute atomic E-state index is 0.135. The fraction of sp³-hybridized carbons (Fsp3) is 0.235. The minimum atomic E-state index is -0.989. The topological polar surface area (TPSA) is 54.9 Å². The Bertz CT molecular complexity index is 974. The van der Waals surface area contributed by atoms with E-state index >= 15 is 0 Å². The summed E-state index contributed by atoms with van der Waals surface area (Å²) in [6.45, 7) is 0. The molecule has 2 heterocycles. The van der Waals surface area contributed by atoms with Gasteiger partial charge in [-0.05, 0) is 37.0 Å². The number of carbonyl (C=O) groups is 1. The molecule has 1 N–H and O–H groups in total. The Morgan fingerprint density at radius 2 is 2.12 bits per heavy atom. The van der Waals surface area contributed by atoms with Gasteiger partial charge in [-0.15, -0.1) is 11.3 Å². The van der Waals surface area contributed by atoms with Crippen LogP contribution in [-0.4, -0.2) is 21.6 Å². The van der Waals surface area contributed by atoms with Gasteiger partial charge in [-0.2, -0.15) is 0 Å². The van der Waals surface area contributed by atoms with Gasteiger partial charge in [-0.1, -0.05) is 11.8 Å². The average Bonchev–Trinajstić information content (AvgIpc) is 3.17. The molecule has 1 amide bonds. The highest BCUT2D eigenvalue weighted by Crippen LogP contribution is 2.39. The van der Waals surface area contributed by atoms with Crippen LogP contribution in [0.5, 0.6) is 0 Å². The summed E-state index contributed by atoms with van der Waals surface area (Å²) in [5, 5.41) is 4.42. The summed E-state index contributed by atoms with van der Waals surface area (Å²) in [7, 11) is 0. The third-order valence-electron chi connectivity index (χ3n) is 4.01. The molecule has 0 saturated carbocycles. The van der Waals surface area contributed by atoms with Crippen molar-refractivity contribution < 1.29 is 13.6 Å². The second-order valence-corrected chi connectivity index (χ2v) is 7.73. The first-order chi connectivity index (χ1) is 12.1. The van der Waals surface area contributed by atoms with Gasteiger partial charge >= 0.3 is 0 Å². The van der Waals surface area contributed by atoms with Crippen molar-refractivity contribution in [2.75, 3.05) is 11.1 Å². The molecule has 0 aliphatic heterocycles. The first kappa shape index (κ1) is 16.4. The molecule has 1 aliphatic rings. The summed E-state index contributed by atoms with van der Waals surface area (Å²) in [6, 6.07) is 3.28. The summed E-state index contributed by atoms with van der Waals surface area (Å²) in [5.74, 6) is -2.09. The molecule has 0 fully saturated rings. The van der Waals surface area contributed by atoms with Crippen LogP contribution < -0.4 is 5.32 Å². The summed E-state index contributed by atoms with van der Waals surface area (Å²) in [6.07, 6.45) is 4.77. The van der Waals surface area contributed by atoms with E-state index in [2.05, 4.69) is 15.3 Å². The van der Waals surface area contributed by atoms with Gasteiger partial charge in [0, 0.05) is 22.0 Å². The zero-order chi connectivity index (χ0) is 17.4. The smallest absolute Gasteiger partial charge is 0.234 e. The average molecular weight is 377 g/mol. The Hall–Kier alpha value is -2.06. The van der Waals surface area contributed by atoms with Crippen LogP contribution in [0.25, 0.3) is 10.2 Å². The lowest BCUT2D eigenvalue weighted by Gasteiger charge is -2.06. The predicted octanol–water partition coefficient (Wildman–Crippen LogP) is 4.19. The zero-order valence-electron chi connectivity index (χ0n) is 13.0. The van der Waals surface area contributed by atoms with Gasteiger partial charge < -0.3 is 5.32 Å². The van der Waals surface area contributed by atoms with Gasteiger partial charge in [0.05, 0.1) is 5.75 Å². The van der Waals surface area contributed by atoms with Crippen molar-refractivity contribution in [3.05, 3.63) is 46.6 Å². The molecule has 0 bridgehead atoms. The van der Waals surface area contributed by atoms with Crippen LogP contribution in [0.15, 0.2) is 29.6 Å². The SMILES string of the molecule is O=C(CSc1ncnc2sc3c(c12)CCC3)Nc1ccc(F)c(F)c1. The van der Waals surface area contributed by atoms with Crippen molar-refractivity contribution in [2.24, 2.45) is 0 Å². The van der Waals surface area contributed by atoms with E-state index in [1.807, 2.05) is 0 Å². The maximum Gasteiger partial charge on any atom is 0.234 e. The van der Waals surface area contributed by atoms with Gasteiger partial charge in [-0.3, -0.25) is 4.79 Å². The normalized spacial score (nSPS) is 13.2. The molecule has 0 atom stereocenters. The van der Waals surface area contributed by atoms with E-state index in [1.165, 1.54) is 34.6 Å². The van der Waals surface area contributed by atoms with Crippen molar-refractivity contribution in [1.82, 2.24) is 9.97 Å². The van der Waals surface area contributed by atoms with Crippen molar-refractivity contribution in [3.63, 3.8) is 0 Å². The van der Waals surface area contributed by atoms with E-state index in [0.29, 0.717) is 0 Å². The third kappa shape index (κ3) is 3.23. The van der Waals surface area contributed by atoms with Crippen LogP contribution in [0.4, 0.5) is 14.5 Å². The highest BCUT2D eigenvalue weighted by Gasteiger charge is 2.21. The van der Waals surface area contributed by atoms with E-state index in [4.69, 9.17) is 0 Å². The van der Waals surface area contributed by atoms with Gasteiger partial charge in [-0.25, -0.2) is 18.7 Å². The number of halogens is 2. The second-order valence-electron chi connectivity index (χ2n) is 5.68. The number of hydrogen-bond acceptors (Lipinski definition) is 5. The molecular formula is C17H13F2N3OS2. The molecule has 0 radical (unpaired) electrons. The maximum absolute atomic E-state index is 13.2. The van der Waals surface area contributed by atoms with Gasteiger partial charge in [0.25, 0.3) is 0 Å². The predicted molar refractivity (Wildman–Crippen MR) is 95.2 cm³/mol. The first-order valence-electron chi connectivity index (χ1n) is 7.75. The number of anilines is 1. The number of amides is 1. The summed E-state index contributed by atoms with van der Waals surface area (Å²) < 4.78 is 26.1. The second kappa shape index (κ2) is 6.68. The molecule has 3 aromatic rings. The molecule has 2 aromatic heterocycles. The molecule has 128 valence electrons. The standard InChI is InChI=1S/C17H13F2N3OS2/c18-11-5-4-9(6-12(11)19)22-14(23)7-24-16-15-10-2-1-3-13(10)25-17(15)21-8-20-16/h4-6,8H,1-3,7H2,(H,22,23). The lowest BCUT2D eigenvalue weighted by atomic mass is 10.2. The van der Waals surface area contributed by atoms with Crippen molar-refractivity contribution in [1.29, 1.82) is 0 Å². The van der Waals surface area contributed by atoms with Crippen LogP contribution in [0.2, 0.25) is 0 Å². The number of benzene rings is 1. The van der Waals surface area contributed by atoms with E-state index < -0.39 is 11.6 Å². The van der Waals surface area contributed by atoms with Crippen LogP contribution in [0.3, 0.4) is 0 Å². The number of carbonyl (C=O) groups excluding carboxylic acids is 1. The van der Waals surface area contributed by atoms with Crippen LogP contribution >= 0.6 is 23.1 Å². The first-order valence-corrected chi connectivity index (χ1v) is 9.55. The highest BCUT2D eigenvalue weighted by molar-refractivity contribution is 8.00. The molecule has 0 saturated heterocycles. The number of aryl methyl sites for hydroxylation is 2. The third-order valence-corrected chi connectivity index (χ3v) is 6.20. The van der Waals surface area contributed by atoms with Crippen molar-refractivity contribution in [2.45, 2.75) is 24.3 Å². The number of rotatable bonds is 4. The Labute approximate surface area is 150 Å².